The minimum Gasteiger partial charge on any atom is -0.497 e. The Morgan fingerprint density at radius 1 is 1.25 bits per heavy atom. The fourth-order valence-corrected chi connectivity index (χ4v) is 4.04. The van der Waals surface area contributed by atoms with Crippen molar-refractivity contribution >= 4 is 29.2 Å². The predicted octanol–water partition coefficient (Wildman–Crippen LogP) is 2.49. The fraction of sp³-hybridized carbons (Fsp3) is 0.350. The Morgan fingerprint density at radius 3 is 2.50 bits per heavy atom. The SMILES string of the molecule is COc1ccc([C@]2(C)NC(=O)N(CC(=O)N(C)Cc3sccc3C)C2=O)cc1. The zero-order chi connectivity index (χ0) is 20.5. The van der Waals surface area contributed by atoms with Crippen molar-refractivity contribution in [3.63, 3.8) is 0 Å². The lowest BCUT2D eigenvalue weighted by molar-refractivity contribution is -0.138. The molecule has 2 aromatic rings. The van der Waals surface area contributed by atoms with Crippen molar-refractivity contribution < 1.29 is 19.1 Å². The van der Waals surface area contributed by atoms with Crippen LogP contribution in [0.4, 0.5) is 4.79 Å². The summed E-state index contributed by atoms with van der Waals surface area (Å²) >= 11 is 1.58. The number of aryl methyl sites for hydroxylation is 1. The lowest BCUT2D eigenvalue weighted by Gasteiger charge is -2.23. The van der Waals surface area contributed by atoms with Gasteiger partial charge >= 0.3 is 6.03 Å². The second kappa shape index (κ2) is 7.63. The van der Waals surface area contributed by atoms with Crippen LogP contribution in [-0.4, -0.2) is 48.3 Å². The highest BCUT2D eigenvalue weighted by Crippen LogP contribution is 2.30. The van der Waals surface area contributed by atoms with Crippen molar-refractivity contribution in [3.8, 4) is 5.75 Å². The molecular weight excluding hydrogens is 378 g/mol. The van der Waals surface area contributed by atoms with Crippen LogP contribution in [0.5, 0.6) is 5.75 Å². The summed E-state index contributed by atoms with van der Waals surface area (Å²) in [6.07, 6.45) is 0. The van der Waals surface area contributed by atoms with Gasteiger partial charge in [-0.2, -0.15) is 0 Å². The maximum atomic E-state index is 13.0. The van der Waals surface area contributed by atoms with Crippen molar-refractivity contribution in [3.05, 3.63) is 51.7 Å². The standard InChI is InChI=1S/C20H23N3O4S/c1-13-9-10-28-16(13)11-22(3)17(24)12-23-18(25)20(2,21-19(23)26)14-5-7-15(27-4)8-6-14/h5-10H,11-12H2,1-4H3,(H,21,26)/t20-/m0/s1. The lowest BCUT2D eigenvalue weighted by Crippen LogP contribution is -2.43. The molecular formula is C20H23N3O4S. The van der Waals surface area contributed by atoms with Crippen LogP contribution in [0.2, 0.25) is 0 Å². The van der Waals surface area contributed by atoms with Crippen LogP contribution in [-0.2, 0) is 21.7 Å². The summed E-state index contributed by atoms with van der Waals surface area (Å²) in [4.78, 5) is 41.6. The van der Waals surface area contributed by atoms with Gasteiger partial charge in [-0.3, -0.25) is 14.5 Å². The van der Waals surface area contributed by atoms with Gasteiger partial charge in [-0.05, 0) is 48.6 Å². The summed E-state index contributed by atoms with van der Waals surface area (Å²) < 4.78 is 5.13. The average Bonchev–Trinajstić information content (AvgIpc) is 3.18. The number of rotatable bonds is 6. The van der Waals surface area contributed by atoms with Gasteiger partial charge < -0.3 is 15.0 Å². The molecule has 1 aliphatic heterocycles. The van der Waals surface area contributed by atoms with Gasteiger partial charge in [0, 0.05) is 11.9 Å². The molecule has 2 heterocycles. The number of hydrogen-bond acceptors (Lipinski definition) is 5. The van der Waals surface area contributed by atoms with Gasteiger partial charge in [0.05, 0.1) is 13.7 Å². The number of urea groups is 1. The van der Waals surface area contributed by atoms with E-state index in [-0.39, 0.29) is 12.5 Å². The summed E-state index contributed by atoms with van der Waals surface area (Å²) in [5.74, 6) is -0.0892. The molecule has 0 unspecified atom stereocenters. The highest BCUT2D eigenvalue weighted by atomic mass is 32.1. The Bertz CT molecular complexity index is 908. The van der Waals surface area contributed by atoms with E-state index in [9.17, 15) is 14.4 Å². The minimum atomic E-state index is -1.22. The number of imide groups is 1. The van der Waals surface area contributed by atoms with E-state index in [4.69, 9.17) is 4.74 Å². The summed E-state index contributed by atoms with van der Waals surface area (Å²) in [6.45, 7) is 3.78. The van der Waals surface area contributed by atoms with Gasteiger partial charge in [0.2, 0.25) is 5.91 Å². The van der Waals surface area contributed by atoms with Crippen LogP contribution >= 0.6 is 11.3 Å². The fourth-order valence-electron chi connectivity index (χ4n) is 3.09. The summed E-state index contributed by atoms with van der Waals surface area (Å²) in [5.41, 5.74) is 0.530. The maximum Gasteiger partial charge on any atom is 0.325 e. The van der Waals surface area contributed by atoms with E-state index in [0.29, 0.717) is 17.9 Å². The number of benzene rings is 1. The molecule has 1 aromatic heterocycles. The molecule has 1 fully saturated rings. The van der Waals surface area contributed by atoms with Gasteiger partial charge in [-0.25, -0.2) is 4.79 Å². The van der Waals surface area contributed by atoms with Gasteiger partial charge in [0.1, 0.15) is 17.8 Å². The van der Waals surface area contributed by atoms with Gasteiger partial charge in [0.25, 0.3) is 5.91 Å². The highest BCUT2D eigenvalue weighted by Gasteiger charge is 2.49. The zero-order valence-corrected chi connectivity index (χ0v) is 17.1. The van der Waals surface area contributed by atoms with Crippen molar-refractivity contribution in [1.82, 2.24) is 15.1 Å². The maximum absolute atomic E-state index is 13.0. The van der Waals surface area contributed by atoms with Crippen LogP contribution in [0.1, 0.15) is 22.9 Å². The molecule has 28 heavy (non-hydrogen) atoms. The van der Waals surface area contributed by atoms with E-state index < -0.39 is 17.5 Å². The minimum absolute atomic E-state index is 0.294. The first kappa shape index (κ1) is 19.9. The largest absolute Gasteiger partial charge is 0.497 e. The molecule has 7 nitrogen and oxygen atoms in total. The lowest BCUT2D eigenvalue weighted by atomic mass is 9.92. The van der Waals surface area contributed by atoms with Crippen LogP contribution in [0.15, 0.2) is 35.7 Å². The van der Waals surface area contributed by atoms with E-state index in [1.165, 1.54) is 4.90 Å². The number of carbonyl (C=O) groups is 3. The first-order chi connectivity index (χ1) is 13.3. The number of amides is 4. The number of nitrogens with one attached hydrogen (secondary N) is 1. The molecule has 0 saturated carbocycles. The van der Waals surface area contributed by atoms with E-state index in [1.54, 1.807) is 56.7 Å². The number of ether oxygens (including phenoxy) is 1. The number of thiophene rings is 1. The second-order valence-electron chi connectivity index (χ2n) is 6.95. The monoisotopic (exact) mass is 401 g/mol. The Morgan fingerprint density at radius 2 is 1.93 bits per heavy atom. The van der Waals surface area contributed by atoms with E-state index in [2.05, 4.69) is 5.32 Å². The second-order valence-corrected chi connectivity index (χ2v) is 7.95. The summed E-state index contributed by atoms with van der Waals surface area (Å²) in [5, 5.41) is 4.68. The third-order valence-corrected chi connectivity index (χ3v) is 6.02. The van der Waals surface area contributed by atoms with Crippen LogP contribution in [0, 0.1) is 6.92 Å². The summed E-state index contributed by atoms with van der Waals surface area (Å²) in [7, 11) is 3.23. The first-order valence-corrected chi connectivity index (χ1v) is 9.70. The number of likely N-dealkylation sites (N-methyl/N-ethyl adjacent to an activating group) is 1. The Kier molecular flexibility index (Phi) is 5.42. The smallest absolute Gasteiger partial charge is 0.325 e. The number of hydrogen-bond donors (Lipinski definition) is 1. The van der Waals surface area contributed by atoms with E-state index >= 15 is 0 Å². The molecule has 0 spiro atoms. The van der Waals surface area contributed by atoms with Crippen molar-refractivity contribution in [2.45, 2.75) is 25.9 Å². The van der Waals surface area contributed by atoms with Gasteiger partial charge in [-0.15, -0.1) is 11.3 Å². The van der Waals surface area contributed by atoms with Crippen molar-refractivity contribution in [2.24, 2.45) is 0 Å². The molecule has 1 atom stereocenters. The molecule has 8 heteroatoms. The topological polar surface area (TPSA) is 79.0 Å². The first-order valence-electron chi connectivity index (χ1n) is 8.82. The highest BCUT2D eigenvalue weighted by molar-refractivity contribution is 7.10. The predicted molar refractivity (Wildman–Crippen MR) is 106 cm³/mol. The molecule has 1 aromatic carbocycles. The Labute approximate surface area is 167 Å². The van der Waals surface area contributed by atoms with Gasteiger partial charge in [-0.1, -0.05) is 12.1 Å². The quantitative estimate of drug-likeness (QED) is 0.755. The molecule has 1 aliphatic rings. The third kappa shape index (κ3) is 3.60. The molecule has 148 valence electrons. The van der Waals surface area contributed by atoms with Crippen LogP contribution < -0.4 is 10.1 Å². The molecule has 1 N–H and O–H groups in total. The summed E-state index contributed by atoms with van der Waals surface area (Å²) in [6, 6.07) is 8.34. The van der Waals surface area contributed by atoms with Gasteiger partial charge in [0.15, 0.2) is 0 Å². The number of carbonyl (C=O) groups excluding carboxylic acids is 3. The molecule has 3 rings (SSSR count). The normalized spacial score (nSPS) is 18.9. The molecule has 0 radical (unpaired) electrons. The molecule has 4 amide bonds. The molecule has 1 saturated heterocycles. The van der Waals surface area contributed by atoms with Crippen molar-refractivity contribution in [1.29, 1.82) is 0 Å². The van der Waals surface area contributed by atoms with Crippen molar-refractivity contribution in [2.75, 3.05) is 20.7 Å². The Balaban J connectivity index is 1.72. The zero-order valence-electron chi connectivity index (χ0n) is 16.3. The van der Waals surface area contributed by atoms with Crippen LogP contribution in [0.3, 0.4) is 0 Å². The van der Waals surface area contributed by atoms with Crippen LogP contribution in [0.25, 0.3) is 0 Å². The Hall–Kier alpha value is -2.87. The van der Waals surface area contributed by atoms with E-state index in [0.717, 1.165) is 15.3 Å². The number of nitrogens with zero attached hydrogens (tertiary/aromatic N) is 2. The van der Waals surface area contributed by atoms with E-state index in [1.807, 2.05) is 18.4 Å². The average molecular weight is 401 g/mol. The molecule has 0 aliphatic carbocycles. The third-order valence-electron chi connectivity index (χ3n) is 5.01. The number of methoxy groups -OCH3 is 1. The molecule has 0 bridgehead atoms.